The van der Waals surface area contributed by atoms with Gasteiger partial charge in [-0.25, -0.2) is 0 Å². The van der Waals surface area contributed by atoms with Crippen LogP contribution in [0.1, 0.15) is 0 Å². The first-order valence-electron chi connectivity index (χ1n) is 6.81. The van der Waals surface area contributed by atoms with E-state index in [1.165, 1.54) is 0 Å². The van der Waals surface area contributed by atoms with Crippen LogP contribution < -0.4 is 15.0 Å². The summed E-state index contributed by atoms with van der Waals surface area (Å²) in [5.74, 6) is 1.28. The van der Waals surface area contributed by atoms with Crippen molar-refractivity contribution in [2.45, 2.75) is 0 Å². The van der Waals surface area contributed by atoms with Crippen LogP contribution in [0.3, 0.4) is 0 Å². The van der Waals surface area contributed by atoms with Crippen LogP contribution in [-0.4, -0.2) is 23.8 Å². The molecule has 0 radical (unpaired) electrons. The van der Waals surface area contributed by atoms with Gasteiger partial charge in [0.1, 0.15) is 11.5 Å². The van der Waals surface area contributed by atoms with Gasteiger partial charge in [0.05, 0.1) is 19.7 Å². The Kier molecular flexibility index (Phi) is 3.55. The summed E-state index contributed by atoms with van der Waals surface area (Å²) in [6, 6.07) is 9.09. The zero-order chi connectivity index (χ0) is 15.7. The maximum atomic E-state index is 12.6. The molecule has 0 fully saturated rings. The summed E-state index contributed by atoms with van der Waals surface area (Å²) < 4.78 is 12.2. The largest absolute Gasteiger partial charge is 0.497 e. The van der Waals surface area contributed by atoms with Crippen molar-refractivity contribution in [2.75, 3.05) is 14.2 Å². The Morgan fingerprint density at radius 3 is 2.36 bits per heavy atom. The van der Waals surface area contributed by atoms with E-state index in [0.29, 0.717) is 17.1 Å². The molecular formula is C17H16N2O3. The maximum absolute atomic E-state index is 12.6. The van der Waals surface area contributed by atoms with Gasteiger partial charge in [0.15, 0.2) is 0 Å². The Morgan fingerprint density at radius 1 is 1.05 bits per heavy atom. The van der Waals surface area contributed by atoms with Gasteiger partial charge in [-0.05, 0) is 29.8 Å². The molecule has 2 aromatic heterocycles. The van der Waals surface area contributed by atoms with E-state index < -0.39 is 0 Å². The molecule has 1 aromatic carbocycles. The number of pyridine rings is 2. The van der Waals surface area contributed by atoms with Gasteiger partial charge in [-0.1, -0.05) is 0 Å². The minimum absolute atomic E-state index is 0.0750. The smallest absolute Gasteiger partial charge is 0.258 e. The molecule has 0 saturated heterocycles. The minimum atomic E-state index is -0.0750. The molecule has 0 unspecified atom stereocenters. The SMILES string of the molecule is COc1cc(OC)cc(-c2cc3cnccc3n(C)c2=O)c1. The Hall–Kier alpha value is -2.82. The van der Waals surface area contributed by atoms with Gasteiger partial charge in [-0.2, -0.15) is 0 Å². The molecule has 22 heavy (non-hydrogen) atoms. The molecule has 5 nitrogen and oxygen atoms in total. The second-order valence-electron chi connectivity index (χ2n) is 4.96. The van der Waals surface area contributed by atoms with Crippen molar-refractivity contribution in [1.82, 2.24) is 9.55 Å². The van der Waals surface area contributed by atoms with Gasteiger partial charge < -0.3 is 14.0 Å². The van der Waals surface area contributed by atoms with Crippen LogP contribution in [0.15, 0.2) is 47.5 Å². The van der Waals surface area contributed by atoms with E-state index in [0.717, 1.165) is 16.5 Å². The van der Waals surface area contributed by atoms with E-state index in [4.69, 9.17) is 9.47 Å². The lowest BCUT2D eigenvalue weighted by Gasteiger charge is -2.11. The average Bonchev–Trinajstić information content (AvgIpc) is 2.57. The molecule has 0 saturated carbocycles. The quantitative estimate of drug-likeness (QED) is 0.745. The monoisotopic (exact) mass is 296 g/mol. The van der Waals surface area contributed by atoms with Crippen molar-refractivity contribution >= 4 is 10.9 Å². The van der Waals surface area contributed by atoms with E-state index in [9.17, 15) is 4.79 Å². The fourth-order valence-corrected chi connectivity index (χ4v) is 2.49. The molecule has 5 heteroatoms. The second-order valence-corrected chi connectivity index (χ2v) is 4.96. The van der Waals surface area contributed by atoms with Crippen molar-refractivity contribution in [1.29, 1.82) is 0 Å². The molecular weight excluding hydrogens is 280 g/mol. The number of methoxy groups -OCH3 is 2. The molecule has 0 aliphatic rings. The summed E-state index contributed by atoms with van der Waals surface area (Å²) in [5, 5.41) is 0.904. The van der Waals surface area contributed by atoms with Crippen molar-refractivity contribution in [3.05, 3.63) is 53.1 Å². The number of hydrogen-bond donors (Lipinski definition) is 0. The molecule has 0 aliphatic heterocycles. The van der Waals surface area contributed by atoms with Crippen molar-refractivity contribution in [3.63, 3.8) is 0 Å². The second kappa shape index (κ2) is 5.52. The highest BCUT2D eigenvalue weighted by molar-refractivity contribution is 5.83. The van der Waals surface area contributed by atoms with E-state index in [-0.39, 0.29) is 5.56 Å². The number of aromatic nitrogens is 2. The summed E-state index contributed by atoms with van der Waals surface area (Å²) in [5.41, 5.74) is 2.11. The molecule has 0 atom stereocenters. The highest BCUT2D eigenvalue weighted by Crippen LogP contribution is 2.29. The van der Waals surface area contributed by atoms with Gasteiger partial charge in [0, 0.05) is 36.5 Å². The number of benzene rings is 1. The Balaban J connectivity index is 2.30. The molecule has 0 N–H and O–H groups in total. The number of aryl methyl sites for hydroxylation is 1. The van der Waals surface area contributed by atoms with Crippen LogP contribution in [0.2, 0.25) is 0 Å². The number of hydrogen-bond acceptors (Lipinski definition) is 4. The van der Waals surface area contributed by atoms with Crippen LogP contribution >= 0.6 is 0 Å². The fraction of sp³-hybridized carbons (Fsp3) is 0.176. The lowest BCUT2D eigenvalue weighted by Crippen LogP contribution is -2.19. The molecule has 3 rings (SSSR count). The number of fused-ring (bicyclic) bond motifs is 1. The van der Waals surface area contributed by atoms with Gasteiger partial charge in [0.2, 0.25) is 0 Å². The van der Waals surface area contributed by atoms with E-state index in [1.54, 1.807) is 44.3 Å². The number of rotatable bonds is 3. The van der Waals surface area contributed by atoms with Gasteiger partial charge >= 0.3 is 0 Å². The Bertz CT molecular complexity index is 878. The summed E-state index contributed by atoms with van der Waals surface area (Å²) in [4.78, 5) is 16.8. The van der Waals surface area contributed by atoms with E-state index >= 15 is 0 Å². The van der Waals surface area contributed by atoms with E-state index in [2.05, 4.69) is 4.98 Å². The van der Waals surface area contributed by atoms with Gasteiger partial charge in [0.25, 0.3) is 5.56 Å². The first kappa shape index (κ1) is 14.1. The Morgan fingerprint density at radius 2 is 1.73 bits per heavy atom. The lowest BCUT2D eigenvalue weighted by atomic mass is 10.0. The Labute approximate surface area is 127 Å². The zero-order valence-electron chi connectivity index (χ0n) is 12.7. The van der Waals surface area contributed by atoms with Crippen LogP contribution in [0.25, 0.3) is 22.0 Å². The summed E-state index contributed by atoms with van der Waals surface area (Å²) in [6.45, 7) is 0. The third-order valence-electron chi connectivity index (χ3n) is 3.69. The normalized spacial score (nSPS) is 10.7. The third-order valence-corrected chi connectivity index (χ3v) is 3.69. The minimum Gasteiger partial charge on any atom is -0.497 e. The van der Waals surface area contributed by atoms with Crippen LogP contribution in [0, 0.1) is 0 Å². The fourth-order valence-electron chi connectivity index (χ4n) is 2.49. The van der Waals surface area contributed by atoms with Crippen molar-refractivity contribution in [3.8, 4) is 22.6 Å². The molecule has 0 amide bonds. The molecule has 0 bridgehead atoms. The average molecular weight is 296 g/mol. The van der Waals surface area contributed by atoms with Crippen LogP contribution in [0.5, 0.6) is 11.5 Å². The molecule has 0 aliphatic carbocycles. The van der Waals surface area contributed by atoms with Gasteiger partial charge in [-0.15, -0.1) is 0 Å². The molecule has 2 heterocycles. The van der Waals surface area contributed by atoms with Gasteiger partial charge in [-0.3, -0.25) is 9.78 Å². The van der Waals surface area contributed by atoms with Crippen molar-refractivity contribution in [2.24, 2.45) is 7.05 Å². The highest BCUT2D eigenvalue weighted by Gasteiger charge is 2.11. The lowest BCUT2D eigenvalue weighted by molar-refractivity contribution is 0.394. The number of ether oxygens (including phenoxy) is 2. The topological polar surface area (TPSA) is 53.4 Å². The first-order valence-corrected chi connectivity index (χ1v) is 6.81. The van der Waals surface area contributed by atoms with Crippen LogP contribution in [0.4, 0.5) is 0 Å². The van der Waals surface area contributed by atoms with Crippen LogP contribution in [-0.2, 0) is 7.05 Å². The zero-order valence-corrected chi connectivity index (χ0v) is 12.7. The maximum Gasteiger partial charge on any atom is 0.258 e. The summed E-state index contributed by atoms with van der Waals surface area (Å²) >= 11 is 0. The highest BCUT2D eigenvalue weighted by atomic mass is 16.5. The van der Waals surface area contributed by atoms with Crippen molar-refractivity contribution < 1.29 is 9.47 Å². The molecule has 0 spiro atoms. The summed E-state index contributed by atoms with van der Waals surface area (Å²) in [7, 11) is 4.92. The predicted octanol–water partition coefficient (Wildman–Crippen LogP) is 2.62. The molecule has 3 aromatic rings. The predicted molar refractivity (Wildman–Crippen MR) is 85.5 cm³/mol. The molecule has 112 valence electrons. The number of nitrogens with zero attached hydrogens (tertiary/aromatic N) is 2. The first-order chi connectivity index (χ1) is 10.6. The third kappa shape index (κ3) is 2.30. The van der Waals surface area contributed by atoms with E-state index in [1.807, 2.05) is 24.3 Å². The standard InChI is InChI=1S/C17H16N2O3/c1-19-16-4-5-18-10-12(16)8-15(17(19)20)11-6-13(21-2)9-14(7-11)22-3/h4-10H,1-3H3. The summed E-state index contributed by atoms with van der Waals surface area (Å²) in [6.07, 6.45) is 3.42.